The standard InChI is InChI=1S/C28H34N2O5/c1-18(14-27(32)33)16-29-26(31)15-19-8-2-7-13-25(19)30-28(34)35-17-24-22-11-5-3-9-20(22)21-10-4-6-12-23(21)24/h3-6,9-12,18-19,24-25H,2,7-8,13-17H2,1H3,(H,29,31)(H,30,34)(H,32,33)/t18?,19-,25-/m0/s1. The minimum atomic E-state index is -0.869. The molecule has 3 atom stereocenters. The molecule has 186 valence electrons. The first-order valence-corrected chi connectivity index (χ1v) is 12.5. The van der Waals surface area contributed by atoms with Gasteiger partial charge in [-0.05, 0) is 46.9 Å². The Balaban J connectivity index is 1.30. The van der Waals surface area contributed by atoms with Crippen LogP contribution in [0.4, 0.5) is 4.79 Å². The van der Waals surface area contributed by atoms with E-state index < -0.39 is 12.1 Å². The van der Waals surface area contributed by atoms with Crippen LogP contribution in [0, 0.1) is 11.8 Å². The number of fused-ring (bicyclic) bond motifs is 3. The lowest BCUT2D eigenvalue weighted by atomic mass is 9.82. The highest BCUT2D eigenvalue weighted by atomic mass is 16.5. The summed E-state index contributed by atoms with van der Waals surface area (Å²) in [5.41, 5.74) is 4.72. The molecule has 2 aromatic rings. The van der Waals surface area contributed by atoms with Crippen LogP contribution < -0.4 is 10.6 Å². The van der Waals surface area contributed by atoms with E-state index in [0.717, 1.165) is 25.7 Å². The number of carboxylic acid groups (broad SMARTS) is 1. The predicted octanol–water partition coefficient (Wildman–Crippen LogP) is 4.70. The van der Waals surface area contributed by atoms with Crippen LogP contribution in [0.3, 0.4) is 0 Å². The maximum atomic E-state index is 12.8. The number of hydrogen-bond acceptors (Lipinski definition) is 4. The molecule has 7 nitrogen and oxygen atoms in total. The number of hydrogen-bond donors (Lipinski definition) is 3. The zero-order chi connectivity index (χ0) is 24.8. The molecular weight excluding hydrogens is 444 g/mol. The summed E-state index contributed by atoms with van der Waals surface area (Å²) in [5.74, 6) is -1.05. The third-order valence-electron chi connectivity index (χ3n) is 7.17. The molecule has 1 fully saturated rings. The zero-order valence-corrected chi connectivity index (χ0v) is 20.2. The molecule has 0 aromatic heterocycles. The number of benzene rings is 2. The van der Waals surface area contributed by atoms with Crippen molar-refractivity contribution < 1.29 is 24.2 Å². The topological polar surface area (TPSA) is 105 Å². The molecule has 0 heterocycles. The van der Waals surface area contributed by atoms with Crippen LogP contribution in [0.1, 0.15) is 62.5 Å². The second kappa shape index (κ2) is 11.4. The molecule has 7 heteroatoms. The maximum absolute atomic E-state index is 12.8. The SMILES string of the molecule is CC(CNC(=O)C[C@@H]1CCCC[C@@H]1NC(=O)OCC1c2ccccc2-c2ccccc21)CC(=O)O. The number of nitrogens with one attached hydrogen (secondary N) is 2. The second-order valence-electron chi connectivity index (χ2n) is 9.83. The van der Waals surface area contributed by atoms with E-state index in [-0.39, 0.29) is 42.7 Å². The van der Waals surface area contributed by atoms with E-state index in [4.69, 9.17) is 9.84 Å². The zero-order valence-electron chi connectivity index (χ0n) is 20.2. The minimum absolute atomic E-state index is 0.00822. The van der Waals surface area contributed by atoms with E-state index >= 15 is 0 Å². The van der Waals surface area contributed by atoms with E-state index in [2.05, 4.69) is 34.9 Å². The molecule has 0 bridgehead atoms. The van der Waals surface area contributed by atoms with Crippen LogP contribution in [0.2, 0.25) is 0 Å². The van der Waals surface area contributed by atoms with Crippen molar-refractivity contribution >= 4 is 18.0 Å². The highest BCUT2D eigenvalue weighted by molar-refractivity contribution is 5.79. The van der Waals surface area contributed by atoms with E-state index in [1.807, 2.05) is 24.3 Å². The Morgan fingerprint density at radius 1 is 1.00 bits per heavy atom. The summed E-state index contributed by atoms with van der Waals surface area (Å²) in [6.07, 6.45) is 3.60. The molecule has 3 N–H and O–H groups in total. The van der Waals surface area contributed by atoms with Crippen molar-refractivity contribution in [3.63, 3.8) is 0 Å². The molecule has 35 heavy (non-hydrogen) atoms. The van der Waals surface area contributed by atoms with Gasteiger partial charge in [-0.1, -0.05) is 68.3 Å². The van der Waals surface area contributed by atoms with Gasteiger partial charge >= 0.3 is 12.1 Å². The fraction of sp³-hybridized carbons (Fsp3) is 0.464. The third-order valence-corrected chi connectivity index (χ3v) is 7.17. The lowest BCUT2D eigenvalue weighted by Gasteiger charge is -2.31. The van der Waals surface area contributed by atoms with Gasteiger partial charge in [0, 0.05) is 31.3 Å². The molecule has 1 unspecified atom stereocenters. The average Bonchev–Trinajstić information content (AvgIpc) is 3.16. The van der Waals surface area contributed by atoms with Crippen molar-refractivity contribution in [2.75, 3.05) is 13.2 Å². The Bertz CT molecular complexity index is 1020. The van der Waals surface area contributed by atoms with Gasteiger partial charge in [0.1, 0.15) is 6.61 Å². The van der Waals surface area contributed by atoms with E-state index in [1.165, 1.54) is 22.3 Å². The molecule has 0 saturated heterocycles. The van der Waals surface area contributed by atoms with Crippen LogP contribution in [-0.4, -0.2) is 42.3 Å². The number of alkyl carbamates (subject to hydrolysis) is 1. The van der Waals surface area contributed by atoms with E-state index in [9.17, 15) is 14.4 Å². The fourth-order valence-electron chi connectivity index (χ4n) is 5.40. The van der Waals surface area contributed by atoms with Gasteiger partial charge in [0.05, 0.1) is 0 Å². The van der Waals surface area contributed by atoms with Gasteiger partial charge in [-0.3, -0.25) is 9.59 Å². The summed E-state index contributed by atoms with van der Waals surface area (Å²) in [7, 11) is 0. The number of carbonyl (C=O) groups excluding carboxylic acids is 2. The second-order valence-corrected chi connectivity index (χ2v) is 9.83. The first-order chi connectivity index (χ1) is 16.9. The highest BCUT2D eigenvalue weighted by Gasteiger charge is 2.31. The Morgan fingerprint density at radius 2 is 1.63 bits per heavy atom. The molecule has 0 spiro atoms. The van der Waals surface area contributed by atoms with Crippen molar-refractivity contribution in [3.05, 3.63) is 59.7 Å². The Hall–Kier alpha value is -3.35. The highest BCUT2D eigenvalue weighted by Crippen LogP contribution is 2.44. The van der Waals surface area contributed by atoms with Crippen LogP contribution in [0.5, 0.6) is 0 Å². The Morgan fingerprint density at radius 3 is 2.29 bits per heavy atom. The number of amides is 2. The maximum Gasteiger partial charge on any atom is 0.407 e. The molecule has 1 saturated carbocycles. The molecule has 2 aliphatic rings. The van der Waals surface area contributed by atoms with Gasteiger partial charge in [-0.15, -0.1) is 0 Å². The predicted molar refractivity (Wildman–Crippen MR) is 133 cm³/mol. The Labute approximate surface area is 206 Å². The Kier molecular flexibility index (Phi) is 8.06. The van der Waals surface area contributed by atoms with Crippen LogP contribution in [-0.2, 0) is 14.3 Å². The number of aliphatic carboxylic acids is 1. The van der Waals surface area contributed by atoms with E-state index in [0.29, 0.717) is 13.0 Å². The molecular formula is C28H34N2O5. The van der Waals surface area contributed by atoms with Gasteiger partial charge < -0.3 is 20.5 Å². The quantitative estimate of drug-likeness (QED) is 0.485. The van der Waals surface area contributed by atoms with Crippen molar-refractivity contribution in [1.29, 1.82) is 0 Å². The van der Waals surface area contributed by atoms with Gasteiger partial charge in [0.2, 0.25) is 5.91 Å². The molecule has 2 amide bonds. The molecule has 2 aliphatic carbocycles. The third kappa shape index (κ3) is 6.21. The van der Waals surface area contributed by atoms with Crippen LogP contribution >= 0.6 is 0 Å². The molecule has 4 rings (SSSR count). The molecule has 0 radical (unpaired) electrons. The summed E-state index contributed by atoms with van der Waals surface area (Å²) in [6.45, 7) is 2.40. The first-order valence-electron chi connectivity index (χ1n) is 12.5. The number of carboxylic acids is 1. The summed E-state index contributed by atoms with van der Waals surface area (Å²) in [6, 6.07) is 16.4. The average molecular weight is 479 g/mol. The van der Waals surface area contributed by atoms with Gasteiger partial charge in [-0.25, -0.2) is 4.79 Å². The van der Waals surface area contributed by atoms with Gasteiger partial charge in [0.15, 0.2) is 0 Å². The van der Waals surface area contributed by atoms with Crippen molar-refractivity contribution in [1.82, 2.24) is 10.6 Å². The monoisotopic (exact) mass is 478 g/mol. The summed E-state index contributed by atoms with van der Waals surface area (Å²) in [5, 5.41) is 14.7. The largest absolute Gasteiger partial charge is 0.481 e. The molecule has 2 aromatic carbocycles. The van der Waals surface area contributed by atoms with Gasteiger partial charge in [0.25, 0.3) is 0 Å². The summed E-state index contributed by atoms with van der Waals surface area (Å²) in [4.78, 5) is 36.0. The fourth-order valence-corrected chi connectivity index (χ4v) is 5.40. The van der Waals surface area contributed by atoms with E-state index in [1.54, 1.807) is 6.92 Å². The van der Waals surface area contributed by atoms with Crippen LogP contribution in [0.25, 0.3) is 11.1 Å². The van der Waals surface area contributed by atoms with Crippen molar-refractivity contribution in [3.8, 4) is 11.1 Å². The first kappa shape index (κ1) is 24.8. The van der Waals surface area contributed by atoms with Gasteiger partial charge in [-0.2, -0.15) is 0 Å². The number of carbonyl (C=O) groups is 3. The normalized spacial score (nSPS) is 19.8. The summed E-state index contributed by atoms with van der Waals surface area (Å²) < 4.78 is 5.71. The van der Waals surface area contributed by atoms with Crippen molar-refractivity contribution in [2.45, 2.75) is 57.4 Å². The summed E-state index contributed by atoms with van der Waals surface area (Å²) >= 11 is 0. The lowest BCUT2D eigenvalue weighted by molar-refractivity contribution is -0.138. The number of rotatable bonds is 9. The van der Waals surface area contributed by atoms with Crippen LogP contribution in [0.15, 0.2) is 48.5 Å². The lowest BCUT2D eigenvalue weighted by Crippen LogP contribution is -2.44. The van der Waals surface area contributed by atoms with Crippen molar-refractivity contribution in [2.24, 2.45) is 11.8 Å². The molecule has 0 aliphatic heterocycles. The minimum Gasteiger partial charge on any atom is -0.481 e. The smallest absolute Gasteiger partial charge is 0.407 e. The number of ether oxygens (including phenoxy) is 1.